The Hall–Kier alpha value is -2.44. The number of methoxy groups -OCH3 is 2. The molecule has 0 fully saturated rings. The Morgan fingerprint density at radius 3 is 2.48 bits per heavy atom. The van der Waals surface area contributed by atoms with Gasteiger partial charge in [0.15, 0.2) is 11.5 Å². The van der Waals surface area contributed by atoms with Gasteiger partial charge in [-0.15, -0.1) is 0 Å². The number of nitrogens with zero attached hydrogens (tertiary/aromatic N) is 1. The predicted octanol–water partition coefficient (Wildman–Crippen LogP) is 4.48. The minimum atomic E-state index is -0.883. The molecule has 0 heterocycles. The first-order valence-electron chi connectivity index (χ1n) is 9.47. The number of hydrogen-bond donors (Lipinski definition) is 1. The highest BCUT2D eigenvalue weighted by molar-refractivity contribution is 6.30. The van der Waals surface area contributed by atoms with Gasteiger partial charge in [0.1, 0.15) is 0 Å². The van der Waals surface area contributed by atoms with Crippen LogP contribution < -0.4 is 9.47 Å². The Bertz CT molecular complexity index is 814. The summed E-state index contributed by atoms with van der Waals surface area (Å²) in [7, 11) is 3.16. The number of carbonyl (C=O) groups is 1. The number of benzene rings is 2. The topological polar surface area (TPSA) is 68.2 Å². The molecule has 0 aliphatic carbocycles. The van der Waals surface area contributed by atoms with Gasteiger partial charge >= 0.3 is 6.09 Å². The van der Waals surface area contributed by atoms with Gasteiger partial charge in [-0.2, -0.15) is 0 Å². The lowest BCUT2D eigenvalue weighted by Crippen LogP contribution is -2.42. The van der Waals surface area contributed by atoms with Gasteiger partial charge in [-0.3, -0.25) is 0 Å². The zero-order valence-corrected chi connectivity index (χ0v) is 18.0. The number of amides is 1. The molecule has 2 aromatic rings. The normalized spacial score (nSPS) is 12.8. The van der Waals surface area contributed by atoms with Crippen molar-refractivity contribution in [2.45, 2.75) is 32.4 Å². The Balaban J connectivity index is 2.19. The van der Waals surface area contributed by atoms with Crippen LogP contribution in [0.3, 0.4) is 0 Å². The minimum absolute atomic E-state index is 0.0909. The molecule has 0 aromatic heterocycles. The molecule has 2 aromatic carbocycles. The molecule has 0 saturated heterocycles. The van der Waals surface area contributed by atoms with Gasteiger partial charge in [0, 0.05) is 11.1 Å². The summed E-state index contributed by atoms with van der Waals surface area (Å²) in [5.74, 6) is 1.27. The van der Waals surface area contributed by atoms with Gasteiger partial charge in [-0.05, 0) is 55.7 Å². The van der Waals surface area contributed by atoms with Crippen molar-refractivity contribution in [3.63, 3.8) is 0 Å². The molecule has 6 nitrogen and oxygen atoms in total. The highest BCUT2D eigenvalue weighted by Crippen LogP contribution is 2.29. The second kappa shape index (κ2) is 10.9. The third kappa shape index (κ3) is 6.27. The van der Waals surface area contributed by atoms with E-state index in [-0.39, 0.29) is 19.2 Å². The summed E-state index contributed by atoms with van der Waals surface area (Å²) in [6.07, 6.45) is -0.797. The molecule has 0 aliphatic heterocycles. The van der Waals surface area contributed by atoms with E-state index in [1.165, 1.54) is 4.90 Å². The van der Waals surface area contributed by atoms with Crippen LogP contribution in [-0.4, -0.2) is 49.5 Å². The monoisotopic (exact) mass is 421 g/mol. The summed E-state index contributed by atoms with van der Waals surface area (Å²) in [4.78, 5) is 14.1. The number of rotatable bonds is 9. The van der Waals surface area contributed by atoms with E-state index in [1.807, 2.05) is 25.1 Å². The molecule has 1 N–H and O–H groups in total. The zero-order chi connectivity index (χ0) is 21.4. The van der Waals surface area contributed by atoms with Crippen LogP contribution in [0, 0.1) is 0 Å². The smallest absolute Gasteiger partial charge is 0.410 e. The van der Waals surface area contributed by atoms with Crippen molar-refractivity contribution in [3.8, 4) is 11.5 Å². The van der Waals surface area contributed by atoms with Crippen LogP contribution in [0.25, 0.3) is 0 Å². The third-order valence-electron chi connectivity index (χ3n) is 4.62. The highest BCUT2D eigenvalue weighted by Gasteiger charge is 2.25. The molecule has 0 spiro atoms. The summed E-state index contributed by atoms with van der Waals surface area (Å²) in [5.41, 5.74) is 1.62. The van der Waals surface area contributed by atoms with E-state index >= 15 is 0 Å². The molecular weight excluding hydrogens is 394 g/mol. The SMILES string of the molecule is CCOC(=O)N(C[C@H](O)c1cccc(Cl)c1)[C@H](C)Cc1ccc(OC)c(OC)c1. The fourth-order valence-electron chi connectivity index (χ4n) is 3.11. The maximum Gasteiger partial charge on any atom is 0.410 e. The lowest BCUT2D eigenvalue weighted by molar-refractivity contribution is 0.0604. The first-order valence-corrected chi connectivity index (χ1v) is 9.85. The van der Waals surface area contributed by atoms with Crippen molar-refractivity contribution < 1.29 is 24.1 Å². The van der Waals surface area contributed by atoms with Crippen molar-refractivity contribution in [2.24, 2.45) is 0 Å². The largest absolute Gasteiger partial charge is 0.493 e. The summed E-state index contributed by atoms with van der Waals surface area (Å²) in [6.45, 7) is 4.01. The first-order chi connectivity index (χ1) is 13.9. The van der Waals surface area contributed by atoms with Crippen molar-refractivity contribution in [1.29, 1.82) is 0 Å². The van der Waals surface area contributed by atoms with Gasteiger partial charge in [0.05, 0.1) is 33.5 Å². The molecule has 2 rings (SSSR count). The van der Waals surface area contributed by atoms with E-state index in [1.54, 1.807) is 45.4 Å². The van der Waals surface area contributed by atoms with Crippen LogP contribution in [0.2, 0.25) is 5.02 Å². The van der Waals surface area contributed by atoms with E-state index in [4.69, 9.17) is 25.8 Å². The van der Waals surface area contributed by atoms with Crippen molar-refractivity contribution in [2.75, 3.05) is 27.4 Å². The maximum absolute atomic E-state index is 12.6. The van der Waals surface area contributed by atoms with Gasteiger partial charge in [0.25, 0.3) is 0 Å². The molecule has 29 heavy (non-hydrogen) atoms. The van der Waals surface area contributed by atoms with Crippen LogP contribution in [0.4, 0.5) is 4.79 Å². The Kier molecular flexibility index (Phi) is 8.61. The standard InChI is InChI=1S/C22H28ClNO5/c1-5-29-22(26)24(14-19(25)17-7-6-8-18(23)13-17)15(2)11-16-9-10-20(27-3)21(12-16)28-4/h6-10,12-13,15,19,25H,5,11,14H2,1-4H3/t15-,19+/m1/s1. The van der Waals surface area contributed by atoms with Gasteiger partial charge in [0.2, 0.25) is 0 Å². The molecule has 7 heteroatoms. The Morgan fingerprint density at radius 2 is 1.86 bits per heavy atom. The van der Waals surface area contributed by atoms with Gasteiger partial charge in [-0.1, -0.05) is 29.8 Å². The average molecular weight is 422 g/mol. The summed E-state index contributed by atoms with van der Waals surface area (Å²) < 4.78 is 15.8. The Labute approximate surface area is 176 Å². The fourth-order valence-corrected chi connectivity index (χ4v) is 3.30. The van der Waals surface area contributed by atoms with Crippen molar-refractivity contribution in [1.82, 2.24) is 4.90 Å². The van der Waals surface area contributed by atoms with Gasteiger partial charge in [-0.25, -0.2) is 4.79 Å². The molecular formula is C22H28ClNO5. The van der Waals surface area contributed by atoms with Crippen molar-refractivity contribution >= 4 is 17.7 Å². The zero-order valence-electron chi connectivity index (χ0n) is 17.2. The first kappa shape index (κ1) is 22.8. The van der Waals surface area contributed by atoms with E-state index in [0.717, 1.165) is 5.56 Å². The summed E-state index contributed by atoms with van der Waals surface area (Å²) in [5, 5.41) is 11.2. The second-order valence-electron chi connectivity index (χ2n) is 6.66. The number of carbonyl (C=O) groups excluding carboxylic acids is 1. The minimum Gasteiger partial charge on any atom is -0.493 e. The lowest BCUT2D eigenvalue weighted by Gasteiger charge is -2.30. The molecule has 0 saturated carbocycles. The van der Waals surface area contributed by atoms with Gasteiger partial charge < -0.3 is 24.2 Å². The molecule has 1 amide bonds. The van der Waals surface area contributed by atoms with Crippen LogP contribution >= 0.6 is 11.6 Å². The van der Waals surface area contributed by atoms with Crippen LogP contribution in [-0.2, 0) is 11.2 Å². The van der Waals surface area contributed by atoms with Crippen LogP contribution in [0.1, 0.15) is 31.1 Å². The van der Waals surface area contributed by atoms with E-state index in [2.05, 4.69) is 0 Å². The lowest BCUT2D eigenvalue weighted by atomic mass is 10.0. The number of aliphatic hydroxyl groups excluding tert-OH is 1. The number of aliphatic hydroxyl groups is 1. The molecule has 2 atom stereocenters. The second-order valence-corrected chi connectivity index (χ2v) is 7.10. The van der Waals surface area contributed by atoms with Crippen molar-refractivity contribution in [3.05, 3.63) is 58.6 Å². The van der Waals surface area contributed by atoms with E-state index in [9.17, 15) is 9.90 Å². The number of ether oxygens (including phenoxy) is 3. The molecule has 0 bridgehead atoms. The number of halogens is 1. The average Bonchev–Trinajstić information content (AvgIpc) is 2.71. The molecule has 0 aliphatic rings. The van der Waals surface area contributed by atoms with Crippen LogP contribution in [0.15, 0.2) is 42.5 Å². The highest BCUT2D eigenvalue weighted by atomic mass is 35.5. The molecule has 0 unspecified atom stereocenters. The maximum atomic E-state index is 12.6. The fraction of sp³-hybridized carbons (Fsp3) is 0.409. The summed E-state index contributed by atoms with van der Waals surface area (Å²) >= 11 is 6.02. The van der Waals surface area contributed by atoms with Crippen LogP contribution in [0.5, 0.6) is 11.5 Å². The predicted molar refractivity (Wildman–Crippen MR) is 113 cm³/mol. The third-order valence-corrected chi connectivity index (χ3v) is 4.85. The molecule has 0 radical (unpaired) electrons. The number of hydrogen-bond acceptors (Lipinski definition) is 5. The summed E-state index contributed by atoms with van der Waals surface area (Å²) in [6, 6.07) is 12.4. The Morgan fingerprint density at radius 1 is 1.14 bits per heavy atom. The van der Waals surface area contributed by atoms with E-state index in [0.29, 0.717) is 28.5 Å². The quantitative estimate of drug-likeness (QED) is 0.646. The van der Waals surface area contributed by atoms with E-state index < -0.39 is 12.2 Å². The molecule has 158 valence electrons.